The van der Waals surface area contributed by atoms with E-state index in [4.69, 9.17) is 0 Å². The minimum atomic E-state index is 0.662. The molecule has 0 amide bonds. The van der Waals surface area contributed by atoms with Gasteiger partial charge in [-0.1, -0.05) is 50.5 Å². The van der Waals surface area contributed by atoms with Crippen LogP contribution in [0.4, 0.5) is 0 Å². The van der Waals surface area contributed by atoms with Gasteiger partial charge >= 0.3 is 0 Å². The fourth-order valence-corrected chi connectivity index (χ4v) is 3.16. The fraction of sp³-hybridized carbons (Fsp3) is 0.438. The standard InChI is InChI=1S/C16H19N/c1-12-6-2-4-8-14(12)16-15-9-5-3-7-13(15)10-11-17-16/h3,5,7,9-12,14H,2,4,6,8H2,1H3/t12-,14-/m0/s1. The molecule has 0 bridgehead atoms. The van der Waals surface area contributed by atoms with Crippen LogP contribution in [-0.2, 0) is 0 Å². The number of pyridine rings is 1. The van der Waals surface area contributed by atoms with Crippen LogP contribution < -0.4 is 0 Å². The van der Waals surface area contributed by atoms with Gasteiger partial charge in [0.05, 0.1) is 5.69 Å². The first-order valence-electron chi connectivity index (χ1n) is 6.70. The van der Waals surface area contributed by atoms with Gasteiger partial charge in [0.15, 0.2) is 0 Å². The third kappa shape index (κ3) is 1.95. The average molecular weight is 225 g/mol. The van der Waals surface area contributed by atoms with Crippen molar-refractivity contribution in [2.24, 2.45) is 5.92 Å². The second-order valence-electron chi connectivity index (χ2n) is 5.29. The van der Waals surface area contributed by atoms with Gasteiger partial charge in [0, 0.05) is 17.5 Å². The van der Waals surface area contributed by atoms with E-state index in [9.17, 15) is 0 Å². The first-order chi connectivity index (χ1) is 8.36. The van der Waals surface area contributed by atoms with Gasteiger partial charge in [0.1, 0.15) is 0 Å². The topological polar surface area (TPSA) is 12.9 Å². The first kappa shape index (κ1) is 10.8. The molecule has 17 heavy (non-hydrogen) atoms. The smallest absolute Gasteiger partial charge is 0.0515 e. The van der Waals surface area contributed by atoms with Crippen molar-refractivity contribution in [3.05, 3.63) is 42.2 Å². The van der Waals surface area contributed by atoms with Crippen molar-refractivity contribution in [3.63, 3.8) is 0 Å². The van der Waals surface area contributed by atoms with Crippen molar-refractivity contribution in [2.75, 3.05) is 0 Å². The van der Waals surface area contributed by atoms with Gasteiger partial charge in [-0.05, 0) is 23.8 Å². The zero-order chi connectivity index (χ0) is 11.7. The number of nitrogens with zero attached hydrogens (tertiary/aromatic N) is 1. The van der Waals surface area contributed by atoms with Crippen LogP contribution in [0.1, 0.15) is 44.2 Å². The number of hydrogen-bond donors (Lipinski definition) is 0. The average Bonchev–Trinajstić information content (AvgIpc) is 2.39. The minimum absolute atomic E-state index is 0.662. The number of rotatable bonds is 1. The lowest BCUT2D eigenvalue weighted by Crippen LogP contribution is -2.16. The van der Waals surface area contributed by atoms with Crippen LogP contribution in [0.3, 0.4) is 0 Å². The van der Waals surface area contributed by atoms with E-state index in [1.807, 2.05) is 6.20 Å². The van der Waals surface area contributed by atoms with Crippen molar-refractivity contribution in [1.82, 2.24) is 4.98 Å². The van der Waals surface area contributed by atoms with Crippen molar-refractivity contribution in [3.8, 4) is 0 Å². The van der Waals surface area contributed by atoms with Gasteiger partial charge < -0.3 is 0 Å². The van der Waals surface area contributed by atoms with Crippen molar-refractivity contribution in [2.45, 2.75) is 38.5 Å². The molecule has 1 heterocycles. The van der Waals surface area contributed by atoms with Crippen molar-refractivity contribution >= 4 is 10.8 Å². The first-order valence-corrected chi connectivity index (χ1v) is 6.70. The molecule has 3 rings (SSSR count). The number of aromatic nitrogens is 1. The number of benzene rings is 1. The molecule has 0 saturated heterocycles. The molecule has 1 nitrogen and oxygen atoms in total. The summed E-state index contributed by atoms with van der Waals surface area (Å²) < 4.78 is 0. The third-order valence-electron chi connectivity index (χ3n) is 4.17. The quantitative estimate of drug-likeness (QED) is 0.695. The van der Waals surface area contributed by atoms with E-state index in [2.05, 4.69) is 42.2 Å². The van der Waals surface area contributed by atoms with Crippen LogP contribution in [0.25, 0.3) is 10.8 Å². The van der Waals surface area contributed by atoms with E-state index < -0.39 is 0 Å². The van der Waals surface area contributed by atoms with Gasteiger partial charge in [-0.25, -0.2) is 0 Å². The molecule has 0 radical (unpaired) electrons. The molecule has 1 aliphatic rings. The number of hydrogen-bond acceptors (Lipinski definition) is 1. The Kier molecular flexibility index (Phi) is 2.84. The Labute approximate surface area is 103 Å². The molecule has 0 unspecified atom stereocenters. The predicted molar refractivity (Wildman–Crippen MR) is 72.1 cm³/mol. The third-order valence-corrected chi connectivity index (χ3v) is 4.17. The summed E-state index contributed by atoms with van der Waals surface area (Å²) in [5, 5.41) is 2.68. The summed E-state index contributed by atoms with van der Waals surface area (Å²) in [6, 6.07) is 10.8. The van der Waals surface area contributed by atoms with Crippen LogP contribution >= 0.6 is 0 Å². The Bertz CT molecular complexity index is 512. The molecule has 2 aromatic rings. The van der Waals surface area contributed by atoms with Gasteiger partial charge in [-0.3, -0.25) is 4.98 Å². The minimum Gasteiger partial charge on any atom is -0.260 e. The highest BCUT2D eigenvalue weighted by atomic mass is 14.7. The van der Waals surface area contributed by atoms with Crippen LogP contribution in [-0.4, -0.2) is 4.98 Å². The summed E-state index contributed by atoms with van der Waals surface area (Å²) in [6.07, 6.45) is 7.39. The van der Waals surface area contributed by atoms with Crippen LogP contribution in [0.2, 0.25) is 0 Å². The lowest BCUT2D eigenvalue weighted by molar-refractivity contribution is 0.327. The predicted octanol–water partition coefficient (Wildman–Crippen LogP) is 4.53. The lowest BCUT2D eigenvalue weighted by Gasteiger charge is -2.29. The molecule has 0 N–H and O–H groups in total. The lowest BCUT2D eigenvalue weighted by atomic mass is 9.77. The Hall–Kier alpha value is -1.37. The molecule has 1 aromatic heterocycles. The summed E-state index contributed by atoms with van der Waals surface area (Å²) >= 11 is 0. The summed E-state index contributed by atoms with van der Waals surface area (Å²) in [5.74, 6) is 1.44. The molecule has 1 fully saturated rings. The molecule has 1 aromatic carbocycles. The van der Waals surface area contributed by atoms with E-state index in [0.717, 1.165) is 5.92 Å². The zero-order valence-corrected chi connectivity index (χ0v) is 10.4. The molecule has 1 aliphatic carbocycles. The van der Waals surface area contributed by atoms with E-state index in [0.29, 0.717) is 5.92 Å². The van der Waals surface area contributed by atoms with Crippen molar-refractivity contribution < 1.29 is 0 Å². The Morgan fingerprint density at radius 1 is 1.06 bits per heavy atom. The normalized spacial score (nSPS) is 25.0. The Balaban J connectivity index is 2.10. The summed E-state index contributed by atoms with van der Waals surface area (Å²) in [4.78, 5) is 4.68. The molecule has 0 aliphatic heterocycles. The highest BCUT2D eigenvalue weighted by Gasteiger charge is 2.25. The maximum absolute atomic E-state index is 4.68. The summed E-state index contributed by atoms with van der Waals surface area (Å²) in [5.41, 5.74) is 1.33. The van der Waals surface area contributed by atoms with Gasteiger partial charge in [0.2, 0.25) is 0 Å². The Morgan fingerprint density at radius 2 is 1.88 bits per heavy atom. The van der Waals surface area contributed by atoms with Gasteiger partial charge in [0.25, 0.3) is 0 Å². The Morgan fingerprint density at radius 3 is 2.76 bits per heavy atom. The molecular weight excluding hydrogens is 206 g/mol. The zero-order valence-electron chi connectivity index (χ0n) is 10.4. The highest BCUT2D eigenvalue weighted by Crippen LogP contribution is 2.38. The molecule has 0 spiro atoms. The van der Waals surface area contributed by atoms with Crippen LogP contribution in [0.5, 0.6) is 0 Å². The molecule has 88 valence electrons. The molecule has 2 atom stereocenters. The van der Waals surface area contributed by atoms with E-state index in [1.165, 1.54) is 42.1 Å². The maximum atomic E-state index is 4.68. The second kappa shape index (κ2) is 4.48. The fourth-order valence-electron chi connectivity index (χ4n) is 3.16. The van der Waals surface area contributed by atoms with Crippen molar-refractivity contribution in [1.29, 1.82) is 0 Å². The van der Waals surface area contributed by atoms with E-state index in [1.54, 1.807) is 0 Å². The maximum Gasteiger partial charge on any atom is 0.0515 e. The van der Waals surface area contributed by atoms with Gasteiger partial charge in [-0.15, -0.1) is 0 Å². The largest absolute Gasteiger partial charge is 0.260 e. The SMILES string of the molecule is C[C@H]1CCCC[C@@H]1c1nccc2ccccc12. The highest BCUT2D eigenvalue weighted by molar-refractivity contribution is 5.84. The second-order valence-corrected chi connectivity index (χ2v) is 5.29. The van der Waals surface area contributed by atoms with E-state index >= 15 is 0 Å². The summed E-state index contributed by atoms with van der Waals surface area (Å²) in [7, 11) is 0. The van der Waals surface area contributed by atoms with Gasteiger partial charge in [-0.2, -0.15) is 0 Å². The van der Waals surface area contributed by atoms with Crippen LogP contribution in [0, 0.1) is 5.92 Å². The summed E-state index contributed by atoms with van der Waals surface area (Å²) in [6.45, 7) is 2.38. The molecule has 1 saturated carbocycles. The monoisotopic (exact) mass is 225 g/mol. The van der Waals surface area contributed by atoms with Crippen LogP contribution in [0.15, 0.2) is 36.5 Å². The van der Waals surface area contributed by atoms with E-state index in [-0.39, 0.29) is 0 Å². The number of fused-ring (bicyclic) bond motifs is 1. The molecular formula is C16H19N. The molecule has 1 heteroatoms.